The van der Waals surface area contributed by atoms with Crippen molar-refractivity contribution < 1.29 is 9.90 Å². The fourth-order valence-corrected chi connectivity index (χ4v) is 2.57. The van der Waals surface area contributed by atoms with E-state index in [1.54, 1.807) is 13.0 Å². The maximum Gasteiger partial charge on any atom is 0.251 e. The summed E-state index contributed by atoms with van der Waals surface area (Å²) in [6.07, 6.45) is 3.66. The zero-order valence-corrected chi connectivity index (χ0v) is 11.1. The molecule has 104 valence electrons. The van der Waals surface area contributed by atoms with Gasteiger partial charge in [0.2, 0.25) is 5.56 Å². The Bertz CT molecular complexity index is 502. The third-order valence-corrected chi connectivity index (χ3v) is 3.68. The smallest absolute Gasteiger partial charge is 0.251 e. The van der Waals surface area contributed by atoms with Gasteiger partial charge in [0, 0.05) is 30.0 Å². The molecule has 2 rings (SSSR count). The second-order valence-corrected chi connectivity index (χ2v) is 5.29. The first-order chi connectivity index (χ1) is 9.08. The normalized spacial score (nSPS) is 23.1. The minimum Gasteiger partial charge on any atom is -0.396 e. The molecule has 5 heteroatoms. The average molecular weight is 264 g/mol. The lowest BCUT2D eigenvalue weighted by Gasteiger charge is -2.27. The van der Waals surface area contributed by atoms with E-state index in [1.165, 1.54) is 6.07 Å². The van der Waals surface area contributed by atoms with E-state index < -0.39 is 0 Å². The number of aliphatic hydroxyl groups is 1. The zero-order valence-electron chi connectivity index (χ0n) is 11.1. The van der Waals surface area contributed by atoms with Crippen LogP contribution in [-0.4, -0.2) is 28.6 Å². The number of aliphatic hydroxyl groups excluding tert-OH is 1. The number of carbonyl (C=O) groups is 1. The Balaban J connectivity index is 1.96. The number of aryl methyl sites for hydroxylation is 1. The van der Waals surface area contributed by atoms with Crippen molar-refractivity contribution in [2.24, 2.45) is 5.92 Å². The van der Waals surface area contributed by atoms with Crippen LogP contribution in [0.5, 0.6) is 0 Å². The van der Waals surface area contributed by atoms with Gasteiger partial charge in [-0.2, -0.15) is 0 Å². The zero-order chi connectivity index (χ0) is 13.8. The summed E-state index contributed by atoms with van der Waals surface area (Å²) < 4.78 is 0. The molecule has 1 aromatic heterocycles. The van der Waals surface area contributed by atoms with Crippen molar-refractivity contribution in [2.45, 2.75) is 38.6 Å². The molecule has 0 atom stereocenters. The Morgan fingerprint density at radius 2 is 2.05 bits per heavy atom. The van der Waals surface area contributed by atoms with Crippen molar-refractivity contribution in [3.05, 3.63) is 33.7 Å². The van der Waals surface area contributed by atoms with Crippen LogP contribution in [0.3, 0.4) is 0 Å². The van der Waals surface area contributed by atoms with Gasteiger partial charge < -0.3 is 15.4 Å². The van der Waals surface area contributed by atoms with Crippen LogP contribution < -0.4 is 10.9 Å². The van der Waals surface area contributed by atoms with E-state index in [1.807, 2.05) is 0 Å². The number of hydrogen-bond acceptors (Lipinski definition) is 3. The molecule has 0 bridgehead atoms. The summed E-state index contributed by atoms with van der Waals surface area (Å²) >= 11 is 0. The molecule has 0 saturated heterocycles. The van der Waals surface area contributed by atoms with Gasteiger partial charge in [-0.25, -0.2) is 0 Å². The molecular weight excluding hydrogens is 244 g/mol. The number of nitrogens with one attached hydrogen (secondary N) is 2. The molecule has 1 heterocycles. The van der Waals surface area contributed by atoms with Gasteiger partial charge in [0.05, 0.1) is 0 Å². The van der Waals surface area contributed by atoms with Crippen LogP contribution in [0.25, 0.3) is 0 Å². The topological polar surface area (TPSA) is 82.2 Å². The van der Waals surface area contributed by atoms with E-state index in [4.69, 9.17) is 5.11 Å². The van der Waals surface area contributed by atoms with Crippen LogP contribution in [0.1, 0.15) is 41.7 Å². The van der Waals surface area contributed by atoms with Gasteiger partial charge in [-0.3, -0.25) is 9.59 Å². The highest BCUT2D eigenvalue weighted by molar-refractivity contribution is 5.94. The molecule has 1 aromatic rings. The minimum atomic E-state index is -0.255. The van der Waals surface area contributed by atoms with Gasteiger partial charge >= 0.3 is 0 Å². The van der Waals surface area contributed by atoms with Crippen molar-refractivity contribution >= 4 is 5.91 Å². The molecule has 0 spiro atoms. The fourth-order valence-electron chi connectivity index (χ4n) is 2.57. The second-order valence-electron chi connectivity index (χ2n) is 5.29. The number of aromatic nitrogens is 1. The number of pyridine rings is 1. The molecule has 0 unspecified atom stereocenters. The number of H-pyrrole nitrogens is 1. The summed E-state index contributed by atoms with van der Waals surface area (Å²) in [7, 11) is 0. The van der Waals surface area contributed by atoms with E-state index in [0.29, 0.717) is 17.2 Å². The minimum absolute atomic E-state index is 0.148. The largest absolute Gasteiger partial charge is 0.396 e. The maximum atomic E-state index is 12.1. The van der Waals surface area contributed by atoms with Crippen molar-refractivity contribution in [1.82, 2.24) is 10.3 Å². The molecule has 1 aliphatic carbocycles. The molecule has 1 amide bonds. The molecule has 1 saturated carbocycles. The quantitative estimate of drug-likeness (QED) is 0.760. The number of hydrogen-bond donors (Lipinski definition) is 3. The second kappa shape index (κ2) is 6.02. The van der Waals surface area contributed by atoms with Gasteiger partial charge in [-0.1, -0.05) is 0 Å². The standard InChI is InChI=1S/C14H20N2O3/c1-9-6-11(7-13(18)15-9)14(19)16-12-4-2-10(8-17)3-5-12/h6-7,10,12,17H,2-5,8H2,1H3,(H,15,18)(H,16,19). The van der Waals surface area contributed by atoms with Crippen LogP contribution in [-0.2, 0) is 0 Å². The molecule has 1 fully saturated rings. The van der Waals surface area contributed by atoms with Crippen LogP contribution in [0, 0.1) is 12.8 Å². The molecule has 1 aliphatic rings. The molecular formula is C14H20N2O3. The Hall–Kier alpha value is -1.62. The SMILES string of the molecule is Cc1cc(C(=O)NC2CCC(CO)CC2)cc(=O)[nH]1. The molecule has 0 aliphatic heterocycles. The Morgan fingerprint density at radius 1 is 1.37 bits per heavy atom. The van der Waals surface area contributed by atoms with E-state index in [-0.39, 0.29) is 24.1 Å². The van der Waals surface area contributed by atoms with Crippen LogP contribution in [0.4, 0.5) is 0 Å². The van der Waals surface area contributed by atoms with E-state index >= 15 is 0 Å². The number of rotatable bonds is 3. The Kier molecular flexibility index (Phi) is 4.37. The van der Waals surface area contributed by atoms with Gasteiger partial charge in [0.1, 0.15) is 0 Å². The first-order valence-electron chi connectivity index (χ1n) is 6.71. The Morgan fingerprint density at radius 3 is 2.63 bits per heavy atom. The molecule has 0 aromatic carbocycles. The summed E-state index contributed by atoms with van der Waals surface area (Å²) in [5.74, 6) is 0.177. The monoisotopic (exact) mass is 264 g/mol. The number of amides is 1. The van der Waals surface area contributed by atoms with Crippen molar-refractivity contribution in [2.75, 3.05) is 6.61 Å². The first-order valence-corrected chi connectivity index (χ1v) is 6.71. The fraction of sp³-hybridized carbons (Fsp3) is 0.571. The highest BCUT2D eigenvalue weighted by Gasteiger charge is 2.22. The lowest BCUT2D eigenvalue weighted by molar-refractivity contribution is 0.0913. The van der Waals surface area contributed by atoms with Gasteiger partial charge in [0.25, 0.3) is 5.91 Å². The van der Waals surface area contributed by atoms with Crippen LogP contribution >= 0.6 is 0 Å². The molecule has 3 N–H and O–H groups in total. The van der Waals surface area contributed by atoms with Gasteiger partial charge in [0.15, 0.2) is 0 Å². The number of carbonyl (C=O) groups excluding carboxylic acids is 1. The molecule has 5 nitrogen and oxygen atoms in total. The summed E-state index contributed by atoms with van der Waals surface area (Å²) in [5, 5.41) is 12.0. The molecule has 19 heavy (non-hydrogen) atoms. The predicted molar refractivity (Wildman–Crippen MR) is 72.1 cm³/mol. The van der Waals surface area contributed by atoms with E-state index in [2.05, 4.69) is 10.3 Å². The first kappa shape index (κ1) is 13.8. The lowest BCUT2D eigenvalue weighted by Crippen LogP contribution is -2.38. The van der Waals surface area contributed by atoms with Gasteiger partial charge in [-0.15, -0.1) is 0 Å². The van der Waals surface area contributed by atoms with Gasteiger partial charge in [-0.05, 0) is 44.6 Å². The van der Waals surface area contributed by atoms with Crippen molar-refractivity contribution in [3.63, 3.8) is 0 Å². The van der Waals surface area contributed by atoms with Crippen molar-refractivity contribution in [3.8, 4) is 0 Å². The average Bonchev–Trinajstić information content (AvgIpc) is 2.38. The third kappa shape index (κ3) is 3.67. The van der Waals surface area contributed by atoms with E-state index in [0.717, 1.165) is 25.7 Å². The summed E-state index contributed by atoms with van der Waals surface area (Å²) in [5.41, 5.74) is 0.835. The highest BCUT2D eigenvalue weighted by atomic mass is 16.3. The summed E-state index contributed by atoms with van der Waals surface area (Å²) in [6, 6.07) is 3.15. The van der Waals surface area contributed by atoms with Crippen molar-refractivity contribution in [1.29, 1.82) is 0 Å². The van der Waals surface area contributed by atoms with Crippen LogP contribution in [0.2, 0.25) is 0 Å². The number of aromatic amines is 1. The van der Waals surface area contributed by atoms with E-state index in [9.17, 15) is 9.59 Å². The predicted octanol–water partition coefficient (Wildman–Crippen LogP) is 0.964. The Labute approximate surface area is 112 Å². The molecule has 0 radical (unpaired) electrons. The van der Waals surface area contributed by atoms with Crippen LogP contribution in [0.15, 0.2) is 16.9 Å². The third-order valence-electron chi connectivity index (χ3n) is 3.68. The maximum absolute atomic E-state index is 12.1. The summed E-state index contributed by atoms with van der Waals surface area (Å²) in [4.78, 5) is 26.0. The summed E-state index contributed by atoms with van der Waals surface area (Å²) in [6.45, 7) is 1.98. The highest BCUT2D eigenvalue weighted by Crippen LogP contribution is 2.23. The lowest BCUT2D eigenvalue weighted by atomic mass is 9.86.